The molecule has 0 aliphatic heterocycles. The number of hydrogen-bond acceptors (Lipinski definition) is 2. The number of hydrogen-bond donors (Lipinski definition) is 0. The maximum atomic E-state index is 4.81. The maximum absolute atomic E-state index is 4.81. The molecule has 1 rings (SSSR count). The molecule has 0 fully saturated rings. The van der Waals surface area contributed by atoms with Crippen LogP contribution in [0.3, 0.4) is 0 Å². The van der Waals surface area contributed by atoms with E-state index in [1.807, 2.05) is 37.3 Å². The van der Waals surface area contributed by atoms with Crippen LogP contribution in [0.4, 0.5) is 0 Å². The van der Waals surface area contributed by atoms with Crippen molar-refractivity contribution in [3.05, 3.63) is 30.3 Å². The summed E-state index contributed by atoms with van der Waals surface area (Å²) in [7, 11) is 0. The average molecular weight is 234 g/mol. The first-order valence-corrected chi connectivity index (χ1v) is 4.10. The largest absolute Gasteiger partial charge is 2.00 e. The van der Waals surface area contributed by atoms with E-state index in [2.05, 4.69) is 12.6 Å². The van der Waals surface area contributed by atoms with E-state index in [0.717, 1.165) is 10.6 Å². The summed E-state index contributed by atoms with van der Waals surface area (Å²) in [5.41, 5.74) is 0. The molecule has 0 heterocycles. The first-order chi connectivity index (χ1) is 4.81. The summed E-state index contributed by atoms with van der Waals surface area (Å²) in [6.45, 7) is 1.94. The van der Waals surface area contributed by atoms with Crippen LogP contribution in [-0.2, 0) is 42.3 Å². The van der Waals surface area contributed by atoms with Crippen LogP contribution < -0.4 is 0 Å². The fourth-order valence-corrected chi connectivity index (χ4v) is 0.578. The molecule has 0 aliphatic rings. The second-order valence-electron chi connectivity index (χ2n) is 1.60. The van der Waals surface area contributed by atoms with Gasteiger partial charge in [-0.3, -0.25) is 0 Å². The van der Waals surface area contributed by atoms with Gasteiger partial charge in [-0.2, -0.15) is 10.6 Å². The van der Waals surface area contributed by atoms with Crippen LogP contribution in [0.1, 0.15) is 6.92 Å². The van der Waals surface area contributed by atoms with Crippen molar-refractivity contribution in [3.63, 3.8) is 0 Å². The molecule has 3 heteroatoms. The first-order valence-electron chi connectivity index (χ1n) is 3.11. The summed E-state index contributed by atoms with van der Waals surface area (Å²) < 4.78 is 0. The van der Waals surface area contributed by atoms with Crippen LogP contribution in [0.2, 0.25) is 0 Å². The summed E-state index contributed by atoms with van der Waals surface area (Å²) in [6, 6.07) is 9.62. The van der Waals surface area contributed by atoms with Crippen LogP contribution in [0.25, 0.3) is 0 Å². The van der Waals surface area contributed by atoms with Gasteiger partial charge in [-0.05, 0) is 0 Å². The van der Waals surface area contributed by atoms with Gasteiger partial charge in [-0.15, -0.1) is 0 Å². The van der Waals surface area contributed by atoms with Crippen molar-refractivity contribution >= 4 is 25.3 Å². The minimum atomic E-state index is 0. The van der Waals surface area contributed by atoms with Gasteiger partial charge < -0.3 is 25.3 Å². The van der Waals surface area contributed by atoms with Crippen LogP contribution in [-0.4, -0.2) is 5.75 Å². The van der Waals surface area contributed by atoms with Crippen LogP contribution in [0.15, 0.2) is 35.2 Å². The predicted molar refractivity (Wildman–Crippen MR) is 50.0 cm³/mol. The minimum absolute atomic E-state index is 0. The van der Waals surface area contributed by atoms with E-state index < -0.39 is 0 Å². The quantitative estimate of drug-likeness (QED) is 0.498. The van der Waals surface area contributed by atoms with Gasteiger partial charge in [0.15, 0.2) is 0 Å². The van der Waals surface area contributed by atoms with Crippen molar-refractivity contribution in [3.8, 4) is 0 Å². The Morgan fingerprint density at radius 3 is 1.73 bits per heavy atom. The Morgan fingerprint density at radius 2 is 1.55 bits per heavy atom. The molecule has 0 aliphatic carbocycles. The molecule has 0 unspecified atom stereocenters. The Bertz CT molecular complexity index is 153. The molecule has 0 amide bonds. The van der Waals surface area contributed by atoms with E-state index in [4.69, 9.17) is 12.6 Å². The van der Waals surface area contributed by atoms with Crippen molar-refractivity contribution in [2.24, 2.45) is 0 Å². The predicted octanol–water partition coefficient (Wildman–Crippen LogP) is 2.14. The molecule has 1 aromatic rings. The van der Waals surface area contributed by atoms with E-state index >= 15 is 0 Å². The summed E-state index contributed by atoms with van der Waals surface area (Å²) in [5, 5.41) is 0. The fraction of sp³-hybridized carbons (Fsp3) is 0.250. The first kappa shape index (κ1) is 13.9. The monoisotopic (exact) mass is 233 g/mol. The third kappa shape index (κ3) is 10.3. The third-order valence-corrected chi connectivity index (χ3v) is 1.02. The Labute approximate surface area is 90.1 Å². The Kier molecular flexibility index (Phi) is 13.0. The zero-order chi connectivity index (χ0) is 7.82. The van der Waals surface area contributed by atoms with E-state index in [-0.39, 0.29) is 17.1 Å². The minimum Gasteiger partial charge on any atom is -0.793 e. The van der Waals surface area contributed by atoms with Crippen molar-refractivity contribution in [2.75, 3.05) is 5.75 Å². The molecule has 0 saturated heterocycles. The molecule has 0 atom stereocenters. The zero-order valence-corrected chi connectivity index (χ0v) is 8.79. The second kappa shape index (κ2) is 10.3. The van der Waals surface area contributed by atoms with Crippen LogP contribution >= 0.6 is 0 Å². The molecule has 0 N–H and O–H groups in total. The molecule has 0 nitrogen and oxygen atoms in total. The Morgan fingerprint density at radius 1 is 1.18 bits per heavy atom. The SMILES string of the molecule is CC[S-].[Cu+2].[S-]c1ccccc1. The van der Waals surface area contributed by atoms with Gasteiger partial charge in [-0.1, -0.05) is 37.3 Å². The summed E-state index contributed by atoms with van der Waals surface area (Å²) in [5.74, 6) is 0.833. The fourth-order valence-electron chi connectivity index (χ4n) is 0.420. The molecule has 0 spiro atoms. The van der Waals surface area contributed by atoms with Crippen molar-refractivity contribution in [1.82, 2.24) is 0 Å². The van der Waals surface area contributed by atoms with Crippen LogP contribution in [0, 0.1) is 0 Å². The molecule has 0 aromatic heterocycles. The van der Waals surface area contributed by atoms with Gasteiger partial charge in [0, 0.05) is 0 Å². The van der Waals surface area contributed by atoms with Gasteiger partial charge in [0.1, 0.15) is 0 Å². The average Bonchev–Trinajstić information content (AvgIpc) is 1.91. The topological polar surface area (TPSA) is 0 Å². The molecule has 65 valence electrons. The molecular formula is C8H10CuS2. The molecule has 1 radical (unpaired) electrons. The Balaban J connectivity index is 0. The van der Waals surface area contributed by atoms with Crippen LogP contribution in [0.5, 0.6) is 0 Å². The Hall–Kier alpha value is 0.309. The van der Waals surface area contributed by atoms with E-state index in [1.54, 1.807) is 0 Å². The zero-order valence-electron chi connectivity index (χ0n) is 6.21. The third-order valence-electron chi connectivity index (χ3n) is 0.743. The standard InChI is InChI=1S/C6H6S.C2H6S.Cu/c7-6-4-2-1-3-5-6;1-2-3;/h1-5,7H;3H,2H2,1H3;/q;;+2/p-2. The van der Waals surface area contributed by atoms with Crippen molar-refractivity contribution in [1.29, 1.82) is 0 Å². The normalized spacial score (nSPS) is 7.09. The van der Waals surface area contributed by atoms with E-state index in [0.29, 0.717) is 0 Å². The maximum Gasteiger partial charge on any atom is 2.00 e. The molecule has 11 heavy (non-hydrogen) atoms. The summed E-state index contributed by atoms with van der Waals surface area (Å²) in [6.07, 6.45) is 0. The number of rotatable bonds is 0. The summed E-state index contributed by atoms with van der Waals surface area (Å²) >= 11 is 9.21. The van der Waals surface area contributed by atoms with Gasteiger partial charge in [0.25, 0.3) is 0 Å². The van der Waals surface area contributed by atoms with Crippen molar-refractivity contribution in [2.45, 2.75) is 11.8 Å². The second-order valence-corrected chi connectivity index (χ2v) is 2.65. The van der Waals surface area contributed by atoms with Gasteiger partial charge in [0.2, 0.25) is 0 Å². The molecule has 0 saturated carbocycles. The van der Waals surface area contributed by atoms with E-state index in [9.17, 15) is 0 Å². The van der Waals surface area contributed by atoms with Crippen molar-refractivity contribution < 1.29 is 17.1 Å². The molecule has 0 bridgehead atoms. The molecule has 1 aromatic carbocycles. The van der Waals surface area contributed by atoms with Gasteiger partial charge >= 0.3 is 17.1 Å². The van der Waals surface area contributed by atoms with E-state index in [1.165, 1.54) is 0 Å². The smallest absolute Gasteiger partial charge is 0.793 e. The molecular weight excluding hydrogens is 224 g/mol. The van der Waals surface area contributed by atoms with Gasteiger partial charge in [-0.25, -0.2) is 0 Å². The number of benzene rings is 1. The summed E-state index contributed by atoms with van der Waals surface area (Å²) in [4.78, 5) is 0.905. The van der Waals surface area contributed by atoms with Gasteiger partial charge in [0.05, 0.1) is 0 Å².